The molecule has 6 N–H and O–H groups in total. The van der Waals surface area contributed by atoms with Crippen LogP contribution in [0.3, 0.4) is 0 Å². The summed E-state index contributed by atoms with van der Waals surface area (Å²) in [6.45, 7) is 9.20. The highest BCUT2D eigenvalue weighted by atomic mass is 35.5. The molecule has 0 aliphatic heterocycles. The lowest BCUT2D eigenvalue weighted by Crippen LogP contribution is -2.21. The van der Waals surface area contributed by atoms with Gasteiger partial charge in [0.1, 0.15) is 11.6 Å². The molecule has 0 spiro atoms. The van der Waals surface area contributed by atoms with E-state index in [1.807, 2.05) is 30.3 Å². The lowest BCUT2D eigenvalue weighted by atomic mass is 9.98. The molecule has 154 valence electrons. The summed E-state index contributed by atoms with van der Waals surface area (Å²) in [5.74, 6) is 0.0684. The molecule has 2 aromatic carbocycles. The molecule has 8 nitrogen and oxygen atoms in total. The molecule has 0 aliphatic carbocycles. The number of benzene rings is 2. The molecule has 0 amide bonds. The number of halogens is 1. The number of nitrogen functional groups attached to an aromatic ring is 2. The van der Waals surface area contributed by atoms with Crippen molar-refractivity contribution >= 4 is 45.8 Å². The van der Waals surface area contributed by atoms with Crippen LogP contribution in [0.1, 0.15) is 18.5 Å². The number of anilines is 3. The Morgan fingerprint density at radius 3 is 2.58 bits per heavy atom. The predicted octanol–water partition coefficient (Wildman–Crippen LogP) is 4.53. The van der Waals surface area contributed by atoms with E-state index >= 15 is 0 Å². The molecule has 0 aliphatic rings. The summed E-state index contributed by atoms with van der Waals surface area (Å²) < 4.78 is 0. The Morgan fingerprint density at radius 1 is 1.13 bits per heavy atom. The molecule has 31 heavy (non-hydrogen) atoms. The van der Waals surface area contributed by atoms with Crippen LogP contribution in [0.4, 0.5) is 23.3 Å². The van der Waals surface area contributed by atoms with Gasteiger partial charge in [-0.3, -0.25) is 4.79 Å². The highest BCUT2D eigenvalue weighted by Gasteiger charge is 2.22. The lowest BCUT2D eigenvalue weighted by molar-refractivity contribution is 0.865. The number of H-pyrrole nitrogens is 1. The molecule has 0 saturated carbocycles. The van der Waals surface area contributed by atoms with Gasteiger partial charge < -0.3 is 21.8 Å². The van der Waals surface area contributed by atoms with Gasteiger partial charge in [-0.15, -0.1) is 0 Å². The number of aromatic nitrogens is 3. The molecule has 0 bridgehead atoms. The Hall–Kier alpha value is -4.09. The average Bonchev–Trinajstić information content (AvgIpc) is 2.74. The Bertz CT molecular complexity index is 1390. The fraction of sp³-hybridized carbons (Fsp3) is 0.0909. The summed E-state index contributed by atoms with van der Waals surface area (Å²) in [4.78, 5) is 28.2. The number of para-hydroxylation sites is 1. The van der Waals surface area contributed by atoms with Crippen LogP contribution in [-0.4, -0.2) is 15.0 Å². The molecule has 4 aromatic rings. The number of nitrogens with two attached hydrogens (primary N) is 2. The highest BCUT2D eigenvalue weighted by Crippen LogP contribution is 2.34. The predicted molar refractivity (Wildman–Crippen MR) is 124 cm³/mol. The number of aromatic amines is 1. The van der Waals surface area contributed by atoms with Crippen molar-refractivity contribution in [1.82, 2.24) is 15.0 Å². The Labute approximate surface area is 182 Å². The van der Waals surface area contributed by atoms with Gasteiger partial charge in [-0.2, -0.15) is 0 Å². The number of hydrogen-bond acceptors (Lipinski definition) is 6. The summed E-state index contributed by atoms with van der Waals surface area (Å²) in [6, 6.07) is 14.1. The lowest BCUT2D eigenvalue weighted by Gasteiger charge is -2.20. The molecule has 0 saturated heterocycles. The van der Waals surface area contributed by atoms with E-state index in [0.717, 1.165) is 5.56 Å². The van der Waals surface area contributed by atoms with Crippen LogP contribution in [0.2, 0.25) is 5.02 Å². The zero-order valence-electron chi connectivity index (χ0n) is 16.5. The number of rotatable bonds is 4. The summed E-state index contributed by atoms with van der Waals surface area (Å²) in [5, 5.41) is 4.02. The number of pyridine rings is 1. The molecule has 9 heteroatoms. The van der Waals surface area contributed by atoms with E-state index in [1.54, 1.807) is 25.1 Å². The summed E-state index contributed by atoms with van der Waals surface area (Å²) >= 11 is 6.36. The maximum Gasteiger partial charge on any atom is 0.268 e. The minimum absolute atomic E-state index is 0.0281. The van der Waals surface area contributed by atoms with E-state index in [0.29, 0.717) is 27.2 Å². The largest absolute Gasteiger partial charge is 0.392 e. The maximum atomic E-state index is 13.5. The van der Waals surface area contributed by atoms with Gasteiger partial charge in [0.25, 0.3) is 5.69 Å². The van der Waals surface area contributed by atoms with Crippen molar-refractivity contribution in [2.45, 2.75) is 13.0 Å². The van der Waals surface area contributed by atoms with E-state index in [4.69, 9.17) is 29.6 Å². The third kappa shape index (κ3) is 3.63. The molecular formula is C22H18ClN7O. The first-order chi connectivity index (χ1) is 14.9. The third-order valence-corrected chi connectivity index (χ3v) is 5.23. The van der Waals surface area contributed by atoms with Crippen LogP contribution in [0.25, 0.3) is 27.0 Å². The van der Waals surface area contributed by atoms with Gasteiger partial charge in [-0.1, -0.05) is 48.0 Å². The molecule has 2 heterocycles. The van der Waals surface area contributed by atoms with E-state index in [1.165, 1.54) is 0 Å². The third-order valence-electron chi connectivity index (χ3n) is 4.91. The van der Waals surface area contributed by atoms with Crippen LogP contribution in [-0.2, 0) is 0 Å². The van der Waals surface area contributed by atoms with E-state index in [2.05, 4.69) is 25.1 Å². The Kier molecular flexibility index (Phi) is 5.19. The van der Waals surface area contributed by atoms with Gasteiger partial charge in [-0.05, 0) is 24.6 Å². The van der Waals surface area contributed by atoms with Gasteiger partial charge in [0.15, 0.2) is 5.43 Å². The standard InChI is InChI=1S/C22H18ClN7O/c1-11(27-21-18(26-2)20(24)29-22(25)30-21)15-16(12-7-4-3-5-8-12)28-17-13(19(15)31)9-6-10-14(17)23/h3-11H,1H3,(H,28,31)(H5,24,25,27,29,30). The minimum Gasteiger partial charge on any atom is -0.392 e. The molecule has 0 fully saturated rings. The van der Waals surface area contributed by atoms with Crippen LogP contribution < -0.4 is 22.2 Å². The van der Waals surface area contributed by atoms with Crippen molar-refractivity contribution < 1.29 is 0 Å². The maximum absolute atomic E-state index is 13.5. The van der Waals surface area contributed by atoms with Crippen molar-refractivity contribution in [1.29, 1.82) is 0 Å². The van der Waals surface area contributed by atoms with Crippen LogP contribution >= 0.6 is 11.6 Å². The summed E-state index contributed by atoms with van der Waals surface area (Å²) in [7, 11) is 0. The second-order valence-corrected chi connectivity index (χ2v) is 7.32. The first-order valence-electron chi connectivity index (χ1n) is 9.37. The smallest absolute Gasteiger partial charge is 0.268 e. The van der Waals surface area contributed by atoms with Crippen LogP contribution in [0, 0.1) is 6.57 Å². The first-order valence-corrected chi connectivity index (χ1v) is 9.75. The monoisotopic (exact) mass is 431 g/mol. The second-order valence-electron chi connectivity index (χ2n) is 6.91. The fourth-order valence-electron chi connectivity index (χ4n) is 3.52. The number of nitrogens with one attached hydrogen (secondary N) is 2. The molecule has 4 rings (SSSR count). The average molecular weight is 432 g/mol. The van der Waals surface area contributed by atoms with Gasteiger partial charge in [-0.25, -0.2) is 14.8 Å². The fourth-order valence-corrected chi connectivity index (χ4v) is 3.74. The normalized spacial score (nSPS) is 11.8. The van der Waals surface area contributed by atoms with Crippen molar-refractivity contribution in [3.63, 3.8) is 0 Å². The minimum atomic E-state index is -0.545. The SMILES string of the molecule is [C-]#[N+]c1c(N)nc(N)nc1NC(C)c1c(-c2ccccc2)[nH]c2c(Cl)cccc2c1=O. The number of hydrogen-bond donors (Lipinski definition) is 4. The summed E-state index contributed by atoms with van der Waals surface area (Å²) in [6.07, 6.45) is 0. The van der Waals surface area contributed by atoms with Gasteiger partial charge in [0.05, 0.1) is 28.8 Å². The zero-order valence-corrected chi connectivity index (χ0v) is 17.2. The highest BCUT2D eigenvalue weighted by molar-refractivity contribution is 6.35. The number of nitrogens with zero attached hydrogens (tertiary/aromatic N) is 3. The molecular weight excluding hydrogens is 414 g/mol. The van der Waals surface area contributed by atoms with Crippen molar-refractivity contribution in [3.8, 4) is 11.3 Å². The van der Waals surface area contributed by atoms with Crippen LogP contribution in [0.15, 0.2) is 53.3 Å². The van der Waals surface area contributed by atoms with E-state index in [9.17, 15) is 4.79 Å². The summed E-state index contributed by atoms with van der Waals surface area (Å²) in [5.41, 5.74) is 13.8. The quantitative estimate of drug-likeness (QED) is 0.351. The van der Waals surface area contributed by atoms with Gasteiger partial charge in [0, 0.05) is 10.9 Å². The number of fused-ring (bicyclic) bond motifs is 1. The first kappa shape index (κ1) is 20.2. The van der Waals surface area contributed by atoms with Crippen molar-refractivity contribution in [3.05, 3.63) is 80.8 Å². The van der Waals surface area contributed by atoms with Gasteiger partial charge >= 0.3 is 0 Å². The molecule has 1 atom stereocenters. The Morgan fingerprint density at radius 2 is 1.87 bits per heavy atom. The zero-order chi connectivity index (χ0) is 22.1. The molecule has 2 aromatic heterocycles. The second kappa shape index (κ2) is 7.97. The topological polar surface area (TPSA) is 127 Å². The van der Waals surface area contributed by atoms with Crippen molar-refractivity contribution in [2.24, 2.45) is 0 Å². The Balaban J connectivity index is 1.94. The van der Waals surface area contributed by atoms with E-state index in [-0.39, 0.29) is 28.7 Å². The van der Waals surface area contributed by atoms with Crippen LogP contribution in [0.5, 0.6) is 0 Å². The molecule has 0 radical (unpaired) electrons. The molecule has 1 unspecified atom stereocenters. The van der Waals surface area contributed by atoms with Crippen molar-refractivity contribution in [2.75, 3.05) is 16.8 Å². The van der Waals surface area contributed by atoms with E-state index < -0.39 is 6.04 Å². The van der Waals surface area contributed by atoms with Gasteiger partial charge in [0.2, 0.25) is 5.95 Å².